The van der Waals surface area contributed by atoms with Gasteiger partial charge in [-0.25, -0.2) is 9.67 Å². The van der Waals surface area contributed by atoms with Crippen LogP contribution in [0.4, 0.5) is 11.4 Å². The van der Waals surface area contributed by atoms with Crippen LogP contribution < -0.4 is 5.56 Å². The highest BCUT2D eigenvalue weighted by molar-refractivity contribution is 5.81. The first-order chi connectivity index (χ1) is 14.5. The molecule has 0 N–H and O–H groups in total. The average molecular weight is 401 g/mol. The van der Waals surface area contributed by atoms with Gasteiger partial charge in [-0.2, -0.15) is 0 Å². The summed E-state index contributed by atoms with van der Waals surface area (Å²) < 4.78 is 5.21. The molecule has 150 valence electrons. The molecule has 0 atom stereocenters. The molecule has 4 rings (SSSR count). The van der Waals surface area contributed by atoms with E-state index < -0.39 is 4.92 Å². The Morgan fingerprint density at radius 1 is 0.967 bits per heavy atom. The number of nitrogens with zero attached hydrogens (tertiary/aromatic N) is 5. The summed E-state index contributed by atoms with van der Waals surface area (Å²) in [6.45, 7) is 1.85. The van der Waals surface area contributed by atoms with Gasteiger partial charge in [0.15, 0.2) is 5.69 Å². The highest BCUT2D eigenvalue weighted by Gasteiger charge is 2.15. The van der Waals surface area contributed by atoms with Crippen molar-refractivity contribution in [3.63, 3.8) is 0 Å². The molecule has 30 heavy (non-hydrogen) atoms. The molecule has 0 bridgehead atoms. The Kier molecular flexibility index (Phi) is 4.89. The van der Waals surface area contributed by atoms with E-state index in [0.717, 1.165) is 22.8 Å². The number of hydrogen-bond acceptors (Lipinski definition) is 4. The summed E-state index contributed by atoms with van der Waals surface area (Å²) in [5, 5.41) is 10.9. The number of hydrogen-bond donors (Lipinski definition) is 0. The molecule has 0 spiro atoms. The van der Waals surface area contributed by atoms with Crippen molar-refractivity contribution in [2.45, 2.75) is 6.92 Å². The largest absolute Gasteiger partial charge is 0.316 e. The van der Waals surface area contributed by atoms with E-state index in [4.69, 9.17) is 0 Å². The standard InChI is InChI=1S/C22H19N5O3/c1-16-21(22(28)26(24(16)2)18-7-4-3-5-8-18)23-15-20-9-6-14-25(20)17-10-12-19(13-11-17)27(29)30/h3-15H,1-2H3. The predicted molar refractivity (Wildman–Crippen MR) is 115 cm³/mol. The van der Waals surface area contributed by atoms with Crippen LogP contribution in [0, 0.1) is 17.0 Å². The Balaban J connectivity index is 1.70. The molecule has 8 nitrogen and oxygen atoms in total. The Labute approximate surface area is 172 Å². The predicted octanol–water partition coefficient (Wildman–Crippen LogP) is 3.93. The van der Waals surface area contributed by atoms with Crippen LogP contribution in [0.5, 0.6) is 0 Å². The lowest BCUT2D eigenvalue weighted by Gasteiger charge is -2.07. The number of rotatable bonds is 5. The molecule has 0 aliphatic rings. The SMILES string of the molecule is Cc1c(N=Cc2cccn2-c2ccc([N+](=O)[O-])cc2)c(=O)n(-c2ccccc2)n1C. The summed E-state index contributed by atoms with van der Waals surface area (Å²) in [7, 11) is 1.82. The number of aliphatic imine (C=N–C) groups is 1. The van der Waals surface area contributed by atoms with Crippen LogP contribution in [-0.4, -0.2) is 25.1 Å². The monoisotopic (exact) mass is 401 g/mol. The third kappa shape index (κ3) is 3.35. The molecule has 0 radical (unpaired) electrons. The lowest BCUT2D eigenvalue weighted by Crippen LogP contribution is -2.19. The Morgan fingerprint density at radius 3 is 2.33 bits per heavy atom. The zero-order valence-corrected chi connectivity index (χ0v) is 16.5. The van der Waals surface area contributed by atoms with E-state index in [1.807, 2.05) is 67.2 Å². The van der Waals surface area contributed by atoms with Crippen LogP contribution in [0.15, 0.2) is 82.7 Å². The number of benzene rings is 2. The highest BCUT2D eigenvalue weighted by atomic mass is 16.6. The summed E-state index contributed by atoms with van der Waals surface area (Å²) in [5.74, 6) is 0. The van der Waals surface area contributed by atoms with Gasteiger partial charge in [0.1, 0.15) is 0 Å². The van der Waals surface area contributed by atoms with Gasteiger partial charge in [0, 0.05) is 31.1 Å². The quantitative estimate of drug-likeness (QED) is 0.288. The lowest BCUT2D eigenvalue weighted by atomic mass is 10.3. The van der Waals surface area contributed by atoms with Gasteiger partial charge in [0.05, 0.1) is 28.2 Å². The van der Waals surface area contributed by atoms with Gasteiger partial charge >= 0.3 is 0 Å². The second-order valence-corrected chi connectivity index (χ2v) is 6.74. The van der Waals surface area contributed by atoms with Crippen molar-refractivity contribution in [2.75, 3.05) is 0 Å². The van der Waals surface area contributed by atoms with Gasteiger partial charge in [-0.1, -0.05) is 18.2 Å². The molecule has 0 aliphatic carbocycles. The van der Waals surface area contributed by atoms with Gasteiger partial charge in [-0.3, -0.25) is 19.6 Å². The second kappa shape index (κ2) is 7.67. The van der Waals surface area contributed by atoms with Crippen LogP contribution in [0.1, 0.15) is 11.4 Å². The van der Waals surface area contributed by atoms with Crippen molar-refractivity contribution < 1.29 is 4.92 Å². The molecule has 0 saturated carbocycles. The number of para-hydroxylation sites is 1. The molecule has 0 amide bonds. The van der Waals surface area contributed by atoms with Crippen LogP contribution in [0.3, 0.4) is 0 Å². The summed E-state index contributed by atoms with van der Waals surface area (Å²) in [6, 6.07) is 19.4. The van der Waals surface area contributed by atoms with E-state index in [-0.39, 0.29) is 11.2 Å². The maximum Gasteiger partial charge on any atom is 0.297 e. The van der Waals surface area contributed by atoms with E-state index in [2.05, 4.69) is 4.99 Å². The fourth-order valence-electron chi connectivity index (χ4n) is 3.30. The molecular formula is C22H19N5O3. The number of nitro groups is 1. The average Bonchev–Trinajstić information content (AvgIpc) is 3.30. The van der Waals surface area contributed by atoms with Crippen LogP contribution >= 0.6 is 0 Å². The first kappa shape index (κ1) is 19.1. The van der Waals surface area contributed by atoms with Gasteiger partial charge in [0.25, 0.3) is 11.2 Å². The molecule has 2 aromatic carbocycles. The minimum Gasteiger partial charge on any atom is -0.316 e. The Bertz CT molecular complexity index is 1300. The second-order valence-electron chi connectivity index (χ2n) is 6.74. The Hall–Kier alpha value is -4.20. The molecular weight excluding hydrogens is 382 g/mol. The van der Waals surface area contributed by atoms with Gasteiger partial charge < -0.3 is 4.57 Å². The van der Waals surface area contributed by atoms with Gasteiger partial charge in [0.2, 0.25) is 0 Å². The zero-order valence-electron chi connectivity index (χ0n) is 16.5. The van der Waals surface area contributed by atoms with Crippen molar-refractivity contribution in [3.8, 4) is 11.4 Å². The number of non-ortho nitro benzene ring substituents is 1. The fourth-order valence-corrected chi connectivity index (χ4v) is 3.30. The molecule has 2 heterocycles. The highest BCUT2D eigenvalue weighted by Crippen LogP contribution is 2.19. The topological polar surface area (TPSA) is 87.4 Å². The normalized spacial score (nSPS) is 11.3. The molecule has 8 heteroatoms. The number of aromatic nitrogens is 3. The zero-order chi connectivity index (χ0) is 21.3. The van der Waals surface area contributed by atoms with Gasteiger partial charge in [-0.15, -0.1) is 0 Å². The van der Waals surface area contributed by atoms with E-state index in [0.29, 0.717) is 5.69 Å². The maximum atomic E-state index is 13.0. The third-order valence-electron chi connectivity index (χ3n) is 4.97. The maximum absolute atomic E-state index is 13.0. The van der Waals surface area contributed by atoms with Crippen molar-refractivity contribution in [2.24, 2.45) is 12.0 Å². The summed E-state index contributed by atoms with van der Waals surface area (Å²) in [4.78, 5) is 27.9. The smallest absolute Gasteiger partial charge is 0.297 e. The van der Waals surface area contributed by atoms with Crippen LogP contribution in [-0.2, 0) is 7.05 Å². The first-order valence-electron chi connectivity index (χ1n) is 9.27. The lowest BCUT2D eigenvalue weighted by molar-refractivity contribution is -0.384. The van der Waals surface area contributed by atoms with E-state index in [1.54, 1.807) is 27.7 Å². The first-order valence-corrected chi connectivity index (χ1v) is 9.27. The fraction of sp³-hybridized carbons (Fsp3) is 0.0909. The summed E-state index contributed by atoms with van der Waals surface area (Å²) in [5.41, 5.74) is 3.21. The van der Waals surface area contributed by atoms with E-state index in [9.17, 15) is 14.9 Å². The molecule has 2 aromatic heterocycles. The Morgan fingerprint density at radius 2 is 1.67 bits per heavy atom. The summed E-state index contributed by atoms with van der Waals surface area (Å²) in [6.07, 6.45) is 3.46. The van der Waals surface area contributed by atoms with Crippen LogP contribution in [0.25, 0.3) is 11.4 Å². The molecule has 0 saturated heterocycles. The minimum absolute atomic E-state index is 0.0301. The summed E-state index contributed by atoms with van der Waals surface area (Å²) >= 11 is 0. The minimum atomic E-state index is -0.433. The molecule has 0 aliphatic heterocycles. The van der Waals surface area contributed by atoms with Gasteiger partial charge in [-0.05, 0) is 43.3 Å². The molecule has 0 fully saturated rings. The number of nitro benzene ring substituents is 1. The van der Waals surface area contributed by atoms with Crippen LogP contribution in [0.2, 0.25) is 0 Å². The molecule has 4 aromatic rings. The van der Waals surface area contributed by atoms with E-state index >= 15 is 0 Å². The molecule has 0 unspecified atom stereocenters. The van der Waals surface area contributed by atoms with Crippen molar-refractivity contribution in [3.05, 3.63) is 105 Å². The van der Waals surface area contributed by atoms with Crippen molar-refractivity contribution in [1.82, 2.24) is 13.9 Å². The third-order valence-corrected chi connectivity index (χ3v) is 4.97. The van der Waals surface area contributed by atoms with Crippen molar-refractivity contribution >= 4 is 17.6 Å². The van der Waals surface area contributed by atoms with E-state index in [1.165, 1.54) is 12.1 Å². The van der Waals surface area contributed by atoms with Crippen molar-refractivity contribution in [1.29, 1.82) is 0 Å².